The van der Waals surface area contributed by atoms with E-state index < -0.39 is 0 Å². The van der Waals surface area contributed by atoms with Crippen LogP contribution in [0.4, 0.5) is 0 Å². The molecule has 0 fully saturated rings. The van der Waals surface area contributed by atoms with E-state index in [1.54, 1.807) is 0 Å². The predicted molar refractivity (Wildman–Crippen MR) is 101 cm³/mol. The van der Waals surface area contributed by atoms with E-state index in [9.17, 15) is 4.79 Å². The van der Waals surface area contributed by atoms with Crippen molar-refractivity contribution in [2.45, 2.75) is 26.9 Å². The van der Waals surface area contributed by atoms with Crippen molar-refractivity contribution in [3.63, 3.8) is 0 Å². The molecule has 4 aromatic rings. The van der Waals surface area contributed by atoms with Crippen LogP contribution in [0.2, 0.25) is 0 Å². The number of hydrogen-bond acceptors (Lipinski definition) is 5. The number of nitrogens with one attached hydrogen (secondary N) is 1. The van der Waals surface area contributed by atoms with E-state index in [4.69, 9.17) is 9.26 Å². The minimum absolute atomic E-state index is 0.211. The summed E-state index contributed by atoms with van der Waals surface area (Å²) in [5.74, 6) is 1.17. The molecule has 0 bridgehead atoms. The summed E-state index contributed by atoms with van der Waals surface area (Å²) in [5, 5.41) is 3.97. The topological polar surface area (TPSA) is 81.0 Å². The Hall–Kier alpha value is -3.41. The zero-order valence-electron chi connectivity index (χ0n) is 15.2. The van der Waals surface area contributed by atoms with E-state index in [1.807, 2.05) is 62.4 Å². The first-order valence-corrected chi connectivity index (χ1v) is 8.71. The average molecular weight is 361 g/mol. The third-order valence-corrected chi connectivity index (χ3v) is 4.41. The van der Waals surface area contributed by atoms with Crippen LogP contribution in [-0.4, -0.2) is 21.1 Å². The molecule has 0 spiro atoms. The molecule has 2 aromatic heterocycles. The summed E-state index contributed by atoms with van der Waals surface area (Å²) in [6.45, 7) is 4.02. The molecule has 4 rings (SSSR count). The minimum Gasteiger partial charge on any atom is -0.461 e. The van der Waals surface area contributed by atoms with Crippen molar-refractivity contribution < 1.29 is 14.1 Å². The first-order chi connectivity index (χ1) is 13.1. The van der Waals surface area contributed by atoms with E-state index in [0.717, 1.165) is 39.2 Å². The van der Waals surface area contributed by atoms with Gasteiger partial charge in [-0.05, 0) is 37.1 Å². The number of rotatable bonds is 5. The van der Waals surface area contributed by atoms with Gasteiger partial charge in [-0.1, -0.05) is 41.6 Å². The van der Waals surface area contributed by atoms with Gasteiger partial charge in [0.25, 0.3) is 0 Å². The normalized spacial score (nSPS) is 11.0. The number of benzene rings is 2. The zero-order chi connectivity index (χ0) is 18.8. The molecule has 136 valence electrons. The van der Waals surface area contributed by atoms with Gasteiger partial charge in [0.15, 0.2) is 0 Å². The summed E-state index contributed by atoms with van der Waals surface area (Å²) in [6.07, 6.45) is 0.211. The summed E-state index contributed by atoms with van der Waals surface area (Å²) in [7, 11) is 0. The molecule has 6 nitrogen and oxygen atoms in total. The molecule has 2 aromatic carbocycles. The molecule has 0 aliphatic rings. The van der Waals surface area contributed by atoms with Crippen LogP contribution in [0.1, 0.15) is 22.6 Å². The first kappa shape index (κ1) is 17.0. The van der Waals surface area contributed by atoms with Crippen LogP contribution in [0, 0.1) is 13.8 Å². The van der Waals surface area contributed by atoms with Crippen LogP contribution in [0.15, 0.2) is 53.1 Å². The number of nitrogens with zero attached hydrogens (tertiary/aromatic N) is 2. The maximum Gasteiger partial charge on any atom is 0.310 e. The number of fused-ring (bicyclic) bond motifs is 1. The summed E-state index contributed by atoms with van der Waals surface area (Å²) in [4.78, 5) is 20.0. The van der Waals surface area contributed by atoms with Crippen molar-refractivity contribution in [2.75, 3.05) is 0 Å². The van der Waals surface area contributed by atoms with Gasteiger partial charge < -0.3 is 14.2 Å². The fourth-order valence-electron chi connectivity index (χ4n) is 3.06. The number of ether oxygens (including phenoxy) is 1. The average Bonchev–Trinajstić information content (AvgIpc) is 3.22. The molecule has 0 aliphatic carbocycles. The van der Waals surface area contributed by atoms with Gasteiger partial charge in [0.05, 0.1) is 28.7 Å². The molecule has 2 heterocycles. The van der Waals surface area contributed by atoms with E-state index in [1.165, 1.54) is 0 Å². The Kier molecular flexibility index (Phi) is 4.46. The van der Waals surface area contributed by atoms with Crippen LogP contribution < -0.4 is 0 Å². The maximum atomic E-state index is 12.1. The largest absolute Gasteiger partial charge is 0.461 e. The number of esters is 1. The van der Waals surface area contributed by atoms with E-state index in [0.29, 0.717) is 5.82 Å². The number of H-pyrrole nitrogens is 1. The monoisotopic (exact) mass is 361 g/mol. The number of carbonyl (C=O) groups excluding carboxylic acids is 1. The Bertz CT molecular complexity index is 1080. The highest BCUT2D eigenvalue weighted by molar-refractivity contribution is 5.82. The van der Waals surface area contributed by atoms with Gasteiger partial charge in [-0.25, -0.2) is 4.98 Å². The number of aromatic amines is 1. The minimum atomic E-state index is -0.260. The van der Waals surface area contributed by atoms with Gasteiger partial charge in [0.1, 0.15) is 18.2 Å². The molecule has 0 atom stereocenters. The molecule has 0 saturated carbocycles. The van der Waals surface area contributed by atoms with Crippen molar-refractivity contribution >= 4 is 17.0 Å². The second kappa shape index (κ2) is 7.07. The SMILES string of the molecule is Cc1noc(C)c1-c1nc2ccc(CC(=O)OCc3ccccc3)cc2[nH]1. The molecule has 27 heavy (non-hydrogen) atoms. The Morgan fingerprint density at radius 3 is 2.67 bits per heavy atom. The number of aryl methyl sites for hydroxylation is 2. The highest BCUT2D eigenvalue weighted by Gasteiger charge is 2.16. The molecule has 0 unspecified atom stereocenters. The Morgan fingerprint density at radius 1 is 1.11 bits per heavy atom. The quantitative estimate of drug-likeness (QED) is 0.541. The molecule has 0 amide bonds. The fraction of sp³-hybridized carbons (Fsp3) is 0.190. The van der Waals surface area contributed by atoms with Crippen molar-refractivity contribution in [3.05, 3.63) is 71.1 Å². The summed E-state index contributed by atoms with van der Waals surface area (Å²) in [5.41, 5.74) is 5.18. The Morgan fingerprint density at radius 2 is 1.93 bits per heavy atom. The summed E-state index contributed by atoms with van der Waals surface area (Å²) < 4.78 is 10.6. The van der Waals surface area contributed by atoms with Crippen molar-refractivity contribution in [2.24, 2.45) is 0 Å². The van der Waals surface area contributed by atoms with Gasteiger partial charge in [0, 0.05) is 0 Å². The third kappa shape index (κ3) is 3.60. The van der Waals surface area contributed by atoms with Gasteiger partial charge >= 0.3 is 5.97 Å². The lowest BCUT2D eigenvalue weighted by Crippen LogP contribution is -2.07. The lowest BCUT2D eigenvalue weighted by Gasteiger charge is -2.05. The molecular weight excluding hydrogens is 342 g/mol. The zero-order valence-corrected chi connectivity index (χ0v) is 15.2. The smallest absolute Gasteiger partial charge is 0.310 e. The van der Waals surface area contributed by atoms with E-state index in [-0.39, 0.29) is 19.0 Å². The van der Waals surface area contributed by atoms with Gasteiger partial charge in [-0.15, -0.1) is 0 Å². The van der Waals surface area contributed by atoms with Gasteiger partial charge in [-0.3, -0.25) is 4.79 Å². The molecule has 0 aliphatic heterocycles. The van der Waals surface area contributed by atoms with Crippen molar-refractivity contribution in [1.29, 1.82) is 0 Å². The Balaban J connectivity index is 1.49. The predicted octanol–water partition coefficient (Wildman–Crippen LogP) is 4.12. The molecular formula is C21H19N3O3. The molecule has 0 radical (unpaired) electrons. The maximum absolute atomic E-state index is 12.1. The van der Waals surface area contributed by atoms with Crippen LogP contribution in [-0.2, 0) is 22.6 Å². The van der Waals surface area contributed by atoms with Gasteiger partial charge in [0.2, 0.25) is 0 Å². The van der Waals surface area contributed by atoms with Crippen LogP contribution in [0.5, 0.6) is 0 Å². The molecule has 1 N–H and O–H groups in total. The lowest BCUT2D eigenvalue weighted by atomic mass is 10.1. The second-order valence-electron chi connectivity index (χ2n) is 6.46. The number of hydrogen-bond donors (Lipinski definition) is 1. The van der Waals surface area contributed by atoms with E-state index in [2.05, 4.69) is 15.1 Å². The number of carbonyl (C=O) groups is 1. The third-order valence-electron chi connectivity index (χ3n) is 4.41. The summed E-state index contributed by atoms with van der Waals surface area (Å²) in [6, 6.07) is 15.4. The fourth-order valence-corrected chi connectivity index (χ4v) is 3.06. The van der Waals surface area contributed by atoms with E-state index >= 15 is 0 Å². The highest BCUT2D eigenvalue weighted by Crippen LogP contribution is 2.27. The molecule has 0 saturated heterocycles. The summed E-state index contributed by atoms with van der Waals surface area (Å²) >= 11 is 0. The van der Waals surface area contributed by atoms with Crippen molar-refractivity contribution in [3.8, 4) is 11.4 Å². The molecule has 6 heteroatoms. The standard InChI is InChI=1S/C21H19N3O3/c1-13-20(14(2)27-24-13)21-22-17-9-8-16(10-18(17)23-21)11-19(25)26-12-15-6-4-3-5-7-15/h3-10H,11-12H2,1-2H3,(H,22,23). The Labute approximate surface area is 156 Å². The lowest BCUT2D eigenvalue weighted by molar-refractivity contribution is -0.144. The van der Waals surface area contributed by atoms with Crippen LogP contribution in [0.25, 0.3) is 22.4 Å². The van der Waals surface area contributed by atoms with Crippen LogP contribution in [0.3, 0.4) is 0 Å². The highest BCUT2D eigenvalue weighted by atomic mass is 16.5. The van der Waals surface area contributed by atoms with Crippen LogP contribution >= 0.6 is 0 Å². The first-order valence-electron chi connectivity index (χ1n) is 8.71. The van der Waals surface area contributed by atoms with Gasteiger partial charge in [-0.2, -0.15) is 0 Å². The number of aromatic nitrogens is 3. The number of imidazole rings is 1. The second-order valence-corrected chi connectivity index (χ2v) is 6.46. The van der Waals surface area contributed by atoms with Crippen molar-refractivity contribution in [1.82, 2.24) is 15.1 Å².